The summed E-state index contributed by atoms with van der Waals surface area (Å²) in [5.41, 5.74) is 0.141. The molecule has 0 saturated heterocycles. The highest BCUT2D eigenvalue weighted by Crippen LogP contribution is 2.38. The minimum atomic E-state index is -0.505. The van der Waals surface area contributed by atoms with Gasteiger partial charge in [0.2, 0.25) is 0 Å². The Balaban J connectivity index is 2.59. The van der Waals surface area contributed by atoms with Crippen LogP contribution in [0.2, 0.25) is 0 Å². The van der Waals surface area contributed by atoms with Gasteiger partial charge in [-0.05, 0) is 24.8 Å². The first-order valence-corrected chi connectivity index (χ1v) is 8.64. The molecular weight excluding hydrogens is 340 g/mol. The summed E-state index contributed by atoms with van der Waals surface area (Å²) >= 11 is 1.27. The van der Waals surface area contributed by atoms with Crippen molar-refractivity contribution < 1.29 is 9.47 Å². The van der Waals surface area contributed by atoms with Crippen LogP contribution in [-0.2, 0) is 0 Å². The molecule has 0 fully saturated rings. The molecule has 1 aromatic heterocycles. The molecule has 0 saturated carbocycles. The SMILES string of the molecule is COc1cccc(-c2nc(SC)[nH]c(=O)c2C#N)c1OCCCC#N. The molecule has 0 amide bonds. The molecule has 0 radical (unpaired) electrons. The summed E-state index contributed by atoms with van der Waals surface area (Å²) in [6, 6.07) is 9.13. The number of aromatic nitrogens is 2. The maximum atomic E-state index is 12.1. The molecule has 1 N–H and O–H groups in total. The Morgan fingerprint density at radius 2 is 2.16 bits per heavy atom. The monoisotopic (exact) mass is 356 g/mol. The van der Waals surface area contributed by atoms with Gasteiger partial charge < -0.3 is 14.5 Å². The Morgan fingerprint density at radius 1 is 1.36 bits per heavy atom. The minimum Gasteiger partial charge on any atom is -0.493 e. The summed E-state index contributed by atoms with van der Waals surface area (Å²) in [5.74, 6) is 0.857. The molecule has 0 bridgehead atoms. The van der Waals surface area contributed by atoms with Crippen molar-refractivity contribution in [1.29, 1.82) is 10.5 Å². The van der Waals surface area contributed by atoms with E-state index < -0.39 is 5.56 Å². The average Bonchev–Trinajstić information content (AvgIpc) is 2.64. The zero-order chi connectivity index (χ0) is 18.2. The molecule has 1 heterocycles. The van der Waals surface area contributed by atoms with Crippen molar-refractivity contribution >= 4 is 11.8 Å². The van der Waals surface area contributed by atoms with Gasteiger partial charge in [-0.2, -0.15) is 10.5 Å². The fourth-order valence-electron chi connectivity index (χ4n) is 2.19. The van der Waals surface area contributed by atoms with Crippen LogP contribution in [0, 0.1) is 22.7 Å². The molecule has 0 aliphatic heterocycles. The quantitative estimate of drug-likeness (QED) is 0.461. The number of benzene rings is 1. The molecule has 0 spiro atoms. The third-order valence-electron chi connectivity index (χ3n) is 3.34. The third-order valence-corrected chi connectivity index (χ3v) is 3.92. The summed E-state index contributed by atoms with van der Waals surface area (Å²) in [6.07, 6.45) is 2.70. The number of rotatable bonds is 7. The van der Waals surface area contributed by atoms with Crippen molar-refractivity contribution in [2.24, 2.45) is 0 Å². The Bertz CT molecular complexity index is 896. The first kappa shape index (κ1) is 18.4. The maximum Gasteiger partial charge on any atom is 0.270 e. The van der Waals surface area contributed by atoms with Crippen molar-refractivity contribution in [1.82, 2.24) is 9.97 Å². The van der Waals surface area contributed by atoms with Gasteiger partial charge in [-0.15, -0.1) is 0 Å². The van der Waals surface area contributed by atoms with E-state index in [0.29, 0.717) is 41.7 Å². The fraction of sp³-hybridized carbons (Fsp3) is 0.294. The van der Waals surface area contributed by atoms with Crippen LogP contribution < -0.4 is 15.0 Å². The maximum absolute atomic E-state index is 12.1. The number of unbranched alkanes of at least 4 members (excludes halogenated alkanes) is 1. The predicted octanol–water partition coefficient (Wildman–Crippen LogP) is 2.72. The van der Waals surface area contributed by atoms with E-state index in [1.165, 1.54) is 18.9 Å². The zero-order valence-electron chi connectivity index (χ0n) is 13.8. The third kappa shape index (κ3) is 4.11. The fourth-order valence-corrected chi connectivity index (χ4v) is 2.56. The van der Waals surface area contributed by atoms with Crippen LogP contribution in [0.3, 0.4) is 0 Å². The highest BCUT2D eigenvalue weighted by Gasteiger charge is 2.19. The molecule has 0 aliphatic carbocycles. The van der Waals surface area contributed by atoms with Gasteiger partial charge in [-0.3, -0.25) is 4.79 Å². The highest BCUT2D eigenvalue weighted by atomic mass is 32.2. The van der Waals surface area contributed by atoms with E-state index in [1.807, 2.05) is 6.07 Å². The Hall–Kier alpha value is -2.97. The number of nitriles is 2. The lowest BCUT2D eigenvalue weighted by molar-refractivity contribution is 0.292. The van der Waals surface area contributed by atoms with Gasteiger partial charge in [-0.1, -0.05) is 17.8 Å². The number of hydrogen-bond donors (Lipinski definition) is 1. The van der Waals surface area contributed by atoms with Crippen LogP contribution >= 0.6 is 11.8 Å². The number of H-pyrrole nitrogens is 1. The second kappa shape index (κ2) is 8.76. The van der Waals surface area contributed by atoms with Crippen molar-refractivity contribution in [3.8, 4) is 34.9 Å². The lowest BCUT2D eigenvalue weighted by Crippen LogP contribution is -2.15. The van der Waals surface area contributed by atoms with E-state index in [9.17, 15) is 10.1 Å². The Labute approximate surface area is 149 Å². The van der Waals surface area contributed by atoms with Gasteiger partial charge in [-0.25, -0.2) is 4.98 Å². The highest BCUT2D eigenvalue weighted by molar-refractivity contribution is 7.98. The summed E-state index contributed by atoms with van der Waals surface area (Å²) in [6.45, 7) is 0.307. The van der Waals surface area contributed by atoms with Crippen molar-refractivity contribution in [3.63, 3.8) is 0 Å². The standard InChI is InChI=1S/C17H16N4O3S/c1-23-13-7-5-6-11(15(13)24-9-4-3-8-18)14-12(10-19)16(22)21-17(20-14)25-2/h5-7H,3-4,9H2,1-2H3,(H,20,21,22). The molecule has 2 rings (SSSR count). The van der Waals surface area contributed by atoms with E-state index in [1.54, 1.807) is 24.5 Å². The van der Waals surface area contributed by atoms with Crippen LogP contribution in [0.15, 0.2) is 28.2 Å². The van der Waals surface area contributed by atoms with E-state index >= 15 is 0 Å². The Morgan fingerprint density at radius 3 is 2.80 bits per heavy atom. The van der Waals surface area contributed by atoms with Crippen LogP contribution in [0.5, 0.6) is 11.5 Å². The normalized spacial score (nSPS) is 9.92. The van der Waals surface area contributed by atoms with Crippen LogP contribution in [0.4, 0.5) is 0 Å². The summed E-state index contributed by atoms with van der Waals surface area (Å²) < 4.78 is 11.1. The lowest BCUT2D eigenvalue weighted by Gasteiger charge is -2.15. The number of hydrogen-bond acceptors (Lipinski definition) is 7. The number of nitrogens with zero attached hydrogens (tertiary/aromatic N) is 3. The molecule has 8 heteroatoms. The molecule has 2 aromatic rings. The molecular formula is C17H16N4O3S. The molecule has 1 aromatic carbocycles. The molecule has 7 nitrogen and oxygen atoms in total. The van der Waals surface area contributed by atoms with Crippen molar-refractivity contribution in [2.45, 2.75) is 18.0 Å². The van der Waals surface area contributed by atoms with Gasteiger partial charge in [0.15, 0.2) is 16.7 Å². The van der Waals surface area contributed by atoms with Crippen molar-refractivity contribution in [2.75, 3.05) is 20.0 Å². The number of ether oxygens (including phenoxy) is 2. The van der Waals surface area contributed by atoms with Crippen LogP contribution in [0.25, 0.3) is 11.3 Å². The first-order valence-electron chi connectivity index (χ1n) is 7.41. The summed E-state index contributed by atoms with van der Waals surface area (Å²) in [7, 11) is 1.50. The molecule has 0 unspecified atom stereocenters. The molecule has 25 heavy (non-hydrogen) atoms. The van der Waals surface area contributed by atoms with E-state index in [-0.39, 0.29) is 11.3 Å². The number of aromatic amines is 1. The summed E-state index contributed by atoms with van der Waals surface area (Å²) in [4.78, 5) is 19.1. The van der Waals surface area contributed by atoms with E-state index in [4.69, 9.17) is 14.7 Å². The second-order valence-corrected chi connectivity index (χ2v) is 5.65. The number of thioether (sulfide) groups is 1. The van der Waals surface area contributed by atoms with Gasteiger partial charge in [0.25, 0.3) is 5.56 Å². The van der Waals surface area contributed by atoms with Crippen LogP contribution in [0.1, 0.15) is 18.4 Å². The molecule has 0 atom stereocenters. The second-order valence-electron chi connectivity index (χ2n) is 4.86. The minimum absolute atomic E-state index is 0.0899. The predicted molar refractivity (Wildman–Crippen MR) is 93.7 cm³/mol. The smallest absolute Gasteiger partial charge is 0.270 e. The van der Waals surface area contributed by atoms with Gasteiger partial charge in [0.05, 0.1) is 19.8 Å². The zero-order valence-corrected chi connectivity index (χ0v) is 14.6. The van der Waals surface area contributed by atoms with Gasteiger partial charge >= 0.3 is 0 Å². The van der Waals surface area contributed by atoms with E-state index in [0.717, 1.165) is 0 Å². The number of nitrogens with one attached hydrogen (secondary N) is 1. The topological polar surface area (TPSA) is 112 Å². The number of para-hydroxylation sites is 1. The first-order chi connectivity index (χ1) is 12.2. The van der Waals surface area contributed by atoms with Crippen molar-refractivity contribution in [3.05, 3.63) is 34.1 Å². The summed E-state index contributed by atoms with van der Waals surface area (Å²) in [5, 5.41) is 18.4. The van der Waals surface area contributed by atoms with Gasteiger partial charge in [0, 0.05) is 12.0 Å². The molecule has 0 aliphatic rings. The average molecular weight is 356 g/mol. The van der Waals surface area contributed by atoms with E-state index in [2.05, 4.69) is 16.0 Å². The van der Waals surface area contributed by atoms with Crippen LogP contribution in [-0.4, -0.2) is 29.9 Å². The lowest BCUT2D eigenvalue weighted by atomic mass is 10.1. The largest absolute Gasteiger partial charge is 0.493 e. The van der Waals surface area contributed by atoms with Gasteiger partial charge in [0.1, 0.15) is 17.3 Å². The Kier molecular flexibility index (Phi) is 6.44. The molecule has 128 valence electrons. The number of methoxy groups -OCH3 is 1.